The molecule has 0 aromatic heterocycles. The van der Waals surface area contributed by atoms with Crippen LogP contribution in [0.2, 0.25) is 0 Å². The highest BCUT2D eigenvalue weighted by Gasteiger charge is 2.35. The molecule has 2 aliphatic rings. The van der Waals surface area contributed by atoms with Crippen molar-refractivity contribution in [2.75, 3.05) is 37.9 Å². The van der Waals surface area contributed by atoms with Gasteiger partial charge in [0.2, 0.25) is 0 Å². The quantitative estimate of drug-likeness (QED) is 0.618. The molecule has 6 nitrogen and oxygen atoms in total. The zero-order valence-electron chi connectivity index (χ0n) is 29.2. The van der Waals surface area contributed by atoms with Crippen LogP contribution in [0.1, 0.15) is 45.3 Å². The molecular formula is C15H21N3O3. The molecule has 2 aliphatic heterocycles. The molecule has 1 aromatic carbocycles. The van der Waals surface area contributed by atoms with E-state index in [1.807, 2.05) is 0 Å². The first-order valence-electron chi connectivity index (χ1n) is 15.2. The molecule has 21 heavy (non-hydrogen) atoms. The van der Waals surface area contributed by atoms with Crippen molar-refractivity contribution in [3.8, 4) is 5.75 Å². The van der Waals surface area contributed by atoms with Gasteiger partial charge in [-0.2, -0.15) is 0 Å². The molecule has 0 amide bonds. The number of hydrogen-bond donors (Lipinski definition) is 0. The lowest BCUT2D eigenvalue weighted by Gasteiger charge is -2.34. The van der Waals surface area contributed by atoms with Crippen molar-refractivity contribution in [2.24, 2.45) is 0 Å². The standard InChI is InChI=1S/C15H21N3O3/c1-15(2)10-11-8-12(18(19)20)9-13(14(11)21-15)17-6-4-16(3)5-7-17/h8-9H,4-7,10H2,1-3H3/i1D3,2D3,3D2,4D2,5D2,6D2,7D2,8D,9D,10D. The van der Waals surface area contributed by atoms with Gasteiger partial charge in [-0.1, -0.05) is 0 Å². The summed E-state index contributed by atoms with van der Waals surface area (Å²) in [5.74, 6) is -1.35. The fourth-order valence-corrected chi connectivity index (χ4v) is 1.73. The predicted octanol–water partition coefficient (Wildman–Crippen LogP) is 2.06. The Morgan fingerprint density at radius 1 is 1.43 bits per heavy atom. The molecule has 0 aliphatic carbocycles. The van der Waals surface area contributed by atoms with Crippen LogP contribution in [0.15, 0.2) is 12.1 Å². The van der Waals surface area contributed by atoms with E-state index >= 15 is 0 Å². The third kappa shape index (κ3) is 2.68. The van der Waals surface area contributed by atoms with Gasteiger partial charge in [0.15, 0.2) is 0 Å². The van der Waals surface area contributed by atoms with E-state index in [1.54, 1.807) is 0 Å². The summed E-state index contributed by atoms with van der Waals surface area (Å²) in [7, 11) is 0. The van der Waals surface area contributed by atoms with Crippen LogP contribution >= 0.6 is 0 Å². The SMILES string of the molecule is [2H]c1c2c(c(N3C([2H])([2H])C([2H])([2H])N(C([2H])[2H])C([2H])([2H])C3([2H])[2H])c([2H])c1[N+](=O)[O-])OC(C([2H])([2H])[2H])(C([2H])([2H])[2H])C2[2H]. The van der Waals surface area contributed by atoms with Crippen molar-refractivity contribution in [1.29, 1.82) is 0 Å². The lowest BCUT2D eigenvalue weighted by molar-refractivity contribution is -0.384. The van der Waals surface area contributed by atoms with Crippen LogP contribution in [0.25, 0.3) is 0 Å². The Morgan fingerprint density at radius 3 is 2.81 bits per heavy atom. The van der Waals surface area contributed by atoms with Gasteiger partial charge in [0.1, 0.15) is 11.4 Å². The van der Waals surface area contributed by atoms with Gasteiger partial charge >= 0.3 is 0 Å². The normalized spacial score (nSPS) is 48.7. The molecule has 0 radical (unpaired) electrons. The molecule has 114 valence electrons. The van der Waals surface area contributed by atoms with E-state index in [0.29, 0.717) is 0 Å². The summed E-state index contributed by atoms with van der Waals surface area (Å²) in [6.07, 6.45) is -2.68. The molecule has 3 rings (SSSR count). The summed E-state index contributed by atoms with van der Waals surface area (Å²) in [6, 6.07) is -2.98. The van der Waals surface area contributed by atoms with E-state index in [2.05, 4.69) is 0 Å². The number of nitrogens with zero attached hydrogens (tertiary/aromatic N) is 3. The summed E-state index contributed by atoms with van der Waals surface area (Å²) in [6.45, 7) is -25.7. The second-order valence-electron chi connectivity index (χ2n) is 4.08. The van der Waals surface area contributed by atoms with Crippen molar-refractivity contribution in [3.05, 3.63) is 27.8 Å². The molecule has 1 atom stereocenters. The number of piperazine rings is 1. The third-order valence-electron chi connectivity index (χ3n) is 2.53. The second-order valence-corrected chi connectivity index (χ2v) is 4.08. The highest BCUT2D eigenvalue weighted by atomic mass is 16.6. The monoisotopic (exact) mass is 310 g/mol. The van der Waals surface area contributed by atoms with Gasteiger partial charge in [0.25, 0.3) is 5.69 Å². The van der Waals surface area contributed by atoms with E-state index in [1.165, 1.54) is 0 Å². The highest BCUT2D eigenvalue weighted by Crippen LogP contribution is 2.44. The van der Waals surface area contributed by atoms with E-state index in [4.69, 9.17) is 30.8 Å². The fraction of sp³-hybridized carbons (Fsp3) is 0.600. The lowest BCUT2D eigenvalue weighted by atomic mass is 10.0. The van der Waals surface area contributed by atoms with Crippen LogP contribution in [0.5, 0.6) is 5.75 Å². The number of anilines is 1. The molecule has 2 heterocycles. The molecule has 0 saturated carbocycles. The van der Waals surface area contributed by atoms with Gasteiger partial charge in [0, 0.05) is 67.9 Å². The maximum absolute atomic E-state index is 11.9. The van der Waals surface area contributed by atoms with Gasteiger partial charge in [-0.3, -0.25) is 10.1 Å². The van der Waals surface area contributed by atoms with Crippen LogP contribution in [0.3, 0.4) is 0 Å². The van der Waals surface area contributed by atoms with Crippen LogP contribution in [-0.4, -0.2) is 48.4 Å². The van der Waals surface area contributed by atoms with Gasteiger partial charge < -0.3 is 14.5 Å². The van der Waals surface area contributed by atoms with E-state index in [-0.39, 0.29) is 0 Å². The first kappa shape index (κ1) is 3.93. The van der Waals surface area contributed by atoms with Crippen molar-refractivity contribution < 1.29 is 35.7 Å². The molecule has 1 aromatic rings. The molecular weight excluding hydrogens is 270 g/mol. The minimum absolute atomic E-state index is 0.420. The maximum Gasteiger partial charge on any atom is 0.272 e. The van der Waals surface area contributed by atoms with Gasteiger partial charge in [-0.05, 0) is 20.7 Å². The smallest absolute Gasteiger partial charge is 0.272 e. The average molecular weight is 310 g/mol. The Bertz CT molecular complexity index is 1200. The van der Waals surface area contributed by atoms with Crippen LogP contribution in [0, 0.1) is 10.1 Å². The Labute approximate surface area is 151 Å². The second kappa shape index (κ2) is 4.87. The fourth-order valence-electron chi connectivity index (χ4n) is 1.73. The van der Waals surface area contributed by atoms with Crippen LogP contribution in [-0.2, 0) is 6.40 Å². The third-order valence-corrected chi connectivity index (χ3v) is 2.53. The zero-order chi connectivity index (χ0) is 31.6. The van der Waals surface area contributed by atoms with Gasteiger partial charge in [-0.25, -0.2) is 0 Å². The number of rotatable bonds is 2. The zero-order valence-corrected chi connectivity index (χ0v) is 10.2. The number of likely N-dealkylation sites (N-methyl/N-ethyl adjacent to an activating group) is 1. The largest absolute Gasteiger partial charge is 0.485 e. The summed E-state index contributed by atoms with van der Waals surface area (Å²) < 4.78 is 159. The molecule has 0 bridgehead atoms. The number of benzene rings is 1. The number of fused-ring (bicyclic) bond motifs is 1. The first-order chi connectivity index (χ1) is 17.6. The van der Waals surface area contributed by atoms with Crippen LogP contribution < -0.4 is 9.64 Å². The Balaban J connectivity index is 2.60. The molecule has 1 fully saturated rings. The lowest BCUT2D eigenvalue weighted by Crippen LogP contribution is -2.44. The van der Waals surface area contributed by atoms with Crippen molar-refractivity contribution in [2.45, 2.75) is 25.7 Å². The summed E-state index contributed by atoms with van der Waals surface area (Å²) in [4.78, 5) is 9.60. The minimum atomic E-state index is -3.95. The number of hydrogen-bond acceptors (Lipinski definition) is 5. The number of ether oxygens (including phenoxy) is 1. The predicted molar refractivity (Wildman–Crippen MR) is 81.2 cm³/mol. The Hall–Kier alpha value is -1.82. The number of nitro benzene ring substituents is 1. The van der Waals surface area contributed by atoms with Crippen LogP contribution in [0.4, 0.5) is 11.4 Å². The summed E-state index contributed by atoms with van der Waals surface area (Å²) >= 11 is 0. The molecule has 0 N–H and O–H groups in total. The van der Waals surface area contributed by atoms with E-state index < -0.39 is 108 Å². The van der Waals surface area contributed by atoms with E-state index in [0.717, 1.165) is 0 Å². The molecule has 1 unspecified atom stereocenters. The summed E-state index contributed by atoms with van der Waals surface area (Å²) in [5, 5.41) is 11.9. The van der Waals surface area contributed by atoms with Gasteiger partial charge in [0.05, 0.1) is 18.8 Å². The maximum atomic E-state index is 11.9. The Morgan fingerprint density at radius 2 is 2.19 bits per heavy atom. The number of nitro groups is 1. The molecule has 1 saturated heterocycles. The molecule has 6 heteroatoms. The highest BCUT2D eigenvalue weighted by molar-refractivity contribution is 5.68. The average Bonchev–Trinajstić information content (AvgIpc) is 3.02. The minimum Gasteiger partial charge on any atom is -0.485 e. The summed E-state index contributed by atoms with van der Waals surface area (Å²) in [5.41, 5.74) is -7.89. The first-order valence-corrected chi connectivity index (χ1v) is 5.45. The van der Waals surface area contributed by atoms with Crippen molar-refractivity contribution in [3.63, 3.8) is 0 Å². The van der Waals surface area contributed by atoms with Crippen molar-refractivity contribution >= 4 is 11.4 Å². The molecule has 0 spiro atoms. The van der Waals surface area contributed by atoms with Crippen molar-refractivity contribution in [1.82, 2.24) is 4.90 Å². The Kier molecular flexibility index (Phi) is 0.911. The topological polar surface area (TPSA) is 58.9 Å². The van der Waals surface area contributed by atoms with E-state index in [9.17, 15) is 10.1 Å². The van der Waals surface area contributed by atoms with Gasteiger partial charge in [-0.15, -0.1) is 0 Å².